The smallest absolute Gasteiger partial charge is 0.105 e. The second kappa shape index (κ2) is 5.17. The highest BCUT2D eigenvalue weighted by atomic mass is 16.3. The fraction of sp³-hybridized carbons (Fsp3) is 0.538. The molecule has 0 amide bonds. The molecule has 0 saturated carbocycles. The third kappa shape index (κ3) is 3.24. The quantitative estimate of drug-likeness (QED) is 0.747. The van der Waals surface area contributed by atoms with E-state index in [-0.39, 0.29) is 0 Å². The molecule has 1 aromatic heterocycles. The van der Waals surface area contributed by atoms with Crippen LogP contribution in [0, 0.1) is 13.8 Å². The predicted molar refractivity (Wildman–Crippen MR) is 64.0 cm³/mol. The van der Waals surface area contributed by atoms with Gasteiger partial charge < -0.3 is 9.73 Å². The van der Waals surface area contributed by atoms with Crippen molar-refractivity contribution in [3.63, 3.8) is 0 Å². The van der Waals surface area contributed by atoms with E-state index in [1.54, 1.807) is 0 Å². The Kier molecular flexibility index (Phi) is 4.15. The maximum absolute atomic E-state index is 5.52. The van der Waals surface area contributed by atoms with Crippen molar-refractivity contribution in [1.82, 2.24) is 5.32 Å². The van der Waals surface area contributed by atoms with Crippen LogP contribution < -0.4 is 5.32 Å². The molecule has 0 radical (unpaired) electrons. The molecule has 1 aromatic rings. The molecular formula is C13H21NO. The van der Waals surface area contributed by atoms with Gasteiger partial charge >= 0.3 is 0 Å². The highest BCUT2D eigenvalue weighted by Crippen LogP contribution is 2.21. The molecule has 0 spiro atoms. The van der Waals surface area contributed by atoms with E-state index in [4.69, 9.17) is 4.42 Å². The molecule has 0 aromatic carbocycles. The standard InChI is InChI=1S/C13H21NO/c1-6-7-9(2)14-11(4)13-8-10(3)15-12(13)5/h6,8-9,11,14H,1,7H2,2-5H3. The van der Waals surface area contributed by atoms with Gasteiger partial charge in [0.2, 0.25) is 0 Å². The fourth-order valence-electron chi connectivity index (χ4n) is 1.91. The van der Waals surface area contributed by atoms with Crippen LogP contribution >= 0.6 is 0 Å². The Hall–Kier alpha value is -1.02. The lowest BCUT2D eigenvalue weighted by molar-refractivity contribution is 0.463. The van der Waals surface area contributed by atoms with E-state index >= 15 is 0 Å². The molecule has 2 nitrogen and oxygen atoms in total. The number of furan rings is 1. The first-order valence-corrected chi connectivity index (χ1v) is 5.48. The number of nitrogens with one attached hydrogen (secondary N) is 1. The highest BCUT2D eigenvalue weighted by molar-refractivity contribution is 5.23. The lowest BCUT2D eigenvalue weighted by Gasteiger charge is -2.18. The SMILES string of the molecule is C=CCC(C)NC(C)c1cc(C)oc1C. The summed E-state index contributed by atoms with van der Waals surface area (Å²) in [4.78, 5) is 0. The van der Waals surface area contributed by atoms with E-state index in [9.17, 15) is 0 Å². The molecule has 2 atom stereocenters. The van der Waals surface area contributed by atoms with E-state index in [0.717, 1.165) is 17.9 Å². The normalized spacial score (nSPS) is 14.9. The van der Waals surface area contributed by atoms with Crippen molar-refractivity contribution < 1.29 is 4.42 Å². The van der Waals surface area contributed by atoms with Gasteiger partial charge in [0.25, 0.3) is 0 Å². The van der Waals surface area contributed by atoms with Gasteiger partial charge in [0, 0.05) is 17.6 Å². The summed E-state index contributed by atoms with van der Waals surface area (Å²) in [6.07, 6.45) is 2.93. The lowest BCUT2D eigenvalue weighted by atomic mass is 10.1. The van der Waals surface area contributed by atoms with Crippen LogP contribution in [0.3, 0.4) is 0 Å². The second-order valence-electron chi connectivity index (χ2n) is 4.18. The average Bonchev–Trinajstić information content (AvgIpc) is 2.45. The number of aryl methyl sites for hydroxylation is 2. The Morgan fingerprint density at radius 3 is 2.60 bits per heavy atom. The van der Waals surface area contributed by atoms with Crippen LogP contribution in [-0.4, -0.2) is 6.04 Å². The third-order valence-electron chi connectivity index (χ3n) is 2.60. The summed E-state index contributed by atoms with van der Waals surface area (Å²) < 4.78 is 5.52. The minimum absolute atomic E-state index is 0.331. The first-order chi connectivity index (χ1) is 7.04. The summed E-state index contributed by atoms with van der Waals surface area (Å²) in [5.74, 6) is 1.99. The Bertz CT molecular complexity index is 327. The predicted octanol–water partition coefficient (Wildman–Crippen LogP) is 3.51. The van der Waals surface area contributed by atoms with Crippen LogP contribution in [0.15, 0.2) is 23.1 Å². The summed E-state index contributed by atoms with van der Waals surface area (Å²) >= 11 is 0. The van der Waals surface area contributed by atoms with Crippen molar-refractivity contribution in [2.24, 2.45) is 0 Å². The molecule has 0 aliphatic heterocycles. The zero-order valence-corrected chi connectivity index (χ0v) is 10.1. The van der Waals surface area contributed by atoms with Gasteiger partial charge in [-0.3, -0.25) is 0 Å². The number of hydrogen-bond acceptors (Lipinski definition) is 2. The van der Waals surface area contributed by atoms with Crippen LogP contribution in [-0.2, 0) is 0 Å². The minimum Gasteiger partial charge on any atom is -0.466 e. The monoisotopic (exact) mass is 207 g/mol. The number of hydrogen-bond donors (Lipinski definition) is 1. The second-order valence-corrected chi connectivity index (χ2v) is 4.18. The van der Waals surface area contributed by atoms with Gasteiger partial charge in [-0.15, -0.1) is 6.58 Å². The molecular weight excluding hydrogens is 186 g/mol. The molecule has 0 bridgehead atoms. The Morgan fingerprint density at radius 1 is 1.47 bits per heavy atom. The van der Waals surface area contributed by atoms with Crippen molar-refractivity contribution in [3.8, 4) is 0 Å². The maximum atomic E-state index is 5.52. The topological polar surface area (TPSA) is 25.2 Å². The van der Waals surface area contributed by atoms with Gasteiger partial charge in [0.05, 0.1) is 0 Å². The van der Waals surface area contributed by atoms with Crippen LogP contribution in [0.1, 0.15) is 43.4 Å². The van der Waals surface area contributed by atoms with E-state index in [0.29, 0.717) is 12.1 Å². The molecule has 15 heavy (non-hydrogen) atoms. The molecule has 1 N–H and O–H groups in total. The van der Waals surface area contributed by atoms with Gasteiger partial charge in [0.1, 0.15) is 11.5 Å². The Labute approximate surface area is 92.4 Å². The zero-order chi connectivity index (χ0) is 11.4. The van der Waals surface area contributed by atoms with E-state index in [2.05, 4.69) is 31.8 Å². The molecule has 1 heterocycles. The summed E-state index contributed by atoms with van der Waals surface area (Å²) in [6, 6.07) is 2.89. The van der Waals surface area contributed by atoms with Crippen LogP contribution in [0.5, 0.6) is 0 Å². The Balaban J connectivity index is 2.64. The minimum atomic E-state index is 0.331. The molecule has 0 fully saturated rings. The van der Waals surface area contributed by atoms with Gasteiger partial charge in [-0.2, -0.15) is 0 Å². The van der Waals surface area contributed by atoms with Crippen molar-refractivity contribution >= 4 is 0 Å². The van der Waals surface area contributed by atoms with Crippen molar-refractivity contribution in [1.29, 1.82) is 0 Å². The van der Waals surface area contributed by atoms with E-state index in [1.807, 2.05) is 19.9 Å². The van der Waals surface area contributed by atoms with Gasteiger partial charge in [0.15, 0.2) is 0 Å². The molecule has 2 unspecified atom stereocenters. The summed E-state index contributed by atoms with van der Waals surface area (Å²) in [5.41, 5.74) is 1.25. The van der Waals surface area contributed by atoms with Crippen LogP contribution in [0.25, 0.3) is 0 Å². The summed E-state index contributed by atoms with van der Waals surface area (Å²) in [5, 5.41) is 3.52. The lowest BCUT2D eigenvalue weighted by Crippen LogP contribution is -2.28. The molecule has 2 heteroatoms. The highest BCUT2D eigenvalue weighted by Gasteiger charge is 2.13. The van der Waals surface area contributed by atoms with Crippen LogP contribution in [0.4, 0.5) is 0 Å². The van der Waals surface area contributed by atoms with Gasteiger partial charge in [-0.05, 0) is 40.2 Å². The van der Waals surface area contributed by atoms with Gasteiger partial charge in [-0.25, -0.2) is 0 Å². The maximum Gasteiger partial charge on any atom is 0.105 e. The van der Waals surface area contributed by atoms with E-state index in [1.165, 1.54) is 5.56 Å². The summed E-state index contributed by atoms with van der Waals surface area (Å²) in [7, 11) is 0. The zero-order valence-electron chi connectivity index (χ0n) is 10.1. The van der Waals surface area contributed by atoms with Crippen molar-refractivity contribution in [2.75, 3.05) is 0 Å². The van der Waals surface area contributed by atoms with Gasteiger partial charge in [-0.1, -0.05) is 6.08 Å². The first-order valence-electron chi connectivity index (χ1n) is 5.48. The largest absolute Gasteiger partial charge is 0.466 e. The van der Waals surface area contributed by atoms with Crippen molar-refractivity contribution in [3.05, 3.63) is 35.8 Å². The summed E-state index contributed by atoms with van der Waals surface area (Å²) in [6.45, 7) is 12.1. The Morgan fingerprint density at radius 2 is 2.13 bits per heavy atom. The fourth-order valence-corrected chi connectivity index (χ4v) is 1.91. The van der Waals surface area contributed by atoms with Crippen LogP contribution in [0.2, 0.25) is 0 Å². The van der Waals surface area contributed by atoms with Crippen molar-refractivity contribution in [2.45, 2.75) is 46.2 Å². The first kappa shape index (κ1) is 12.1. The number of rotatable bonds is 5. The molecule has 84 valence electrons. The third-order valence-corrected chi connectivity index (χ3v) is 2.60. The average molecular weight is 207 g/mol. The molecule has 1 rings (SSSR count). The molecule has 0 aliphatic rings. The molecule has 0 aliphatic carbocycles. The van der Waals surface area contributed by atoms with E-state index < -0.39 is 0 Å². The molecule has 0 saturated heterocycles.